The highest BCUT2D eigenvalue weighted by Gasteiger charge is 2.50. The van der Waals surface area contributed by atoms with E-state index in [0.717, 1.165) is 24.2 Å². The van der Waals surface area contributed by atoms with Crippen molar-refractivity contribution in [2.75, 3.05) is 6.54 Å². The summed E-state index contributed by atoms with van der Waals surface area (Å²) in [6, 6.07) is 4.18. The molecule has 0 spiro atoms. The van der Waals surface area contributed by atoms with Gasteiger partial charge in [-0.15, -0.1) is 0 Å². The number of hydrogen-bond acceptors (Lipinski definition) is 3. The van der Waals surface area contributed by atoms with Gasteiger partial charge in [0.2, 0.25) is 5.91 Å². The van der Waals surface area contributed by atoms with Crippen LogP contribution in [0, 0.1) is 11.8 Å². The molecule has 2 fully saturated rings. The van der Waals surface area contributed by atoms with Crippen molar-refractivity contribution in [1.29, 1.82) is 0 Å². The normalized spacial score (nSPS) is 30.3. The number of urea groups is 1. The Labute approximate surface area is 174 Å². The molecule has 0 aromatic heterocycles. The second-order valence-corrected chi connectivity index (χ2v) is 8.86. The van der Waals surface area contributed by atoms with Gasteiger partial charge in [-0.05, 0) is 37.3 Å². The van der Waals surface area contributed by atoms with Gasteiger partial charge in [0.1, 0.15) is 12.1 Å². The van der Waals surface area contributed by atoms with Crippen LogP contribution in [0.5, 0.6) is 0 Å². The molecule has 1 heterocycles. The monoisotopic (exact) mass is 425 g/mol. The van der Waals surface area contributed by atoms with Gasteiger partial charge >= 0.3 is 6.03 Å². The third kappa shape index (κ3) is 3.85. The molecule has 6 nitrogen and oxygen atoms in total. The molecule has 0 radical (unpaired) electrons. The fourth-order valence-corrected chi connectivity index (χ4v) is 4.70. The Bertz CT molecular complexity index is 816. The van der Waals surface area contributed by atoms with Crippen molar-refractivity contribution in [3.63, 3.8) is 0 Å². The smallest absolute Gasteiger partial charge is 0.325 e. The van der Waals surface area contributed by atoms with Crippen molar-refractivity contribution in [3.05, 3.63) is 33.8 Å². The molecule has 1 aliphatic heterocycles. The fourth-order valence-electron chi connectivity index (χ4n) is 4.10. The van der Waals surface area contributed by atoms with E-state index in [2.05, 4.69) is 24.5 Å². The topological polar surface area (TPSA) is 78.5 Å². The second-order valence-electron chi connectivity index (χ2n) is 8.01. The molecule has 8 heteroatoms. The molecule has 152 valence electrons. The lowest BCUT2D eigenvalue weighted by Gasteiger charge is -2.34. The minimum Gasteiger partial charge on any atom is -0.352 e. The molecular formula is C20H25Cl2N3O3. The van der Waals surface area contributed by atoms with E-state index in [-0.39, 0.29) is 23.5 Å². The maximum Gasteiger partial charge on any atom is 0.325 e. The lowest BCUT2D eigenvalue weighted by molar-refractivity contribution is -0.135. The highest BCUT2D eigenvalue weighted by atomic mass is 35.5. The zero-order valence-corrected chi connectivity index (χ0v) is 17.7. The van der Waals surface area contributed by atoms with Crippen molar-refractivity contribution in [2.45, 2.75) is 51.6 Å². The second kappa shape index (κ2) is 7.91. The highest BCUT2D eigenvalue weighted by molar-refractivity contribution is 6.35. The van der Waals surface area contributed by atoms with E-state index in [1.54, 1.807) is 19.1 Å². The number of imide groups is 1. The van der Waals surface area contributed by atoms with Gasteiger partial charge < -0.3 is 10.6 Å². The summed E-state index contributed by atoms with van der Waals surface area (Å²) in [7, 11) is 0. The van der Waals surface area contributed by atoms with Gasteiger partial charge in [-0.25, -0.2) is 4.79 Å². The van der Waals surface area contributed by atoms with Crippen molar-refractivity contribution >= 4 is 41.0 Å². The summed E-state index contributed by atoms with van der Waals surface area (Å²) in [6.45, 7) is 5.57. The van der Waals surface area contributed by atoms with Crippen LogP contribution in [0.4, 0.5) is 4.79 Å². The Morgan fingerprint density at radius 3 is 2.68 bits per heavy atom. The van der Waals surface area contributed by atoms with E-state index < -0.39 is 17.5 Å². The van der Waals surface area contributed by atoms with Crippen molar-refractivity contribution in [3.8, 4) is 0 Å². The van der Waals surface area contributed by atoms with Gasteiger partial charge in [-0.2, -0.15) is 0 Å². The SMILES string of the molecule is CC1CCCC(NC(=O)CN2C(=O)NC(C)(c3ccc(Cl)cc3Cl)C2=O)C1C. The molecule has 1 aliphatic carbocycles. The van der Waals surface area contributed by atoms with Gasteiger partial charge in [0.25, 0.3) is 5.91 Å². The Hall–Kier alpha value is -1.79. The number of carbonyl (C=O) groups is 3. The summed E-state index contributed by atoms with van der Waals surface area (Å²) >= 11 is 12.2. The molecule has 28 heavy (non-hydrogen) atoms. The molecule has 2 N–H and O–H groups in total. The number of halogens is 2. The Morgan fingerprint density at radius 1 is 1.29 bits per heavy atom. The van der Waals surface area contributed by atoms with Crippen molar-refractivity contribution in [1.82, 2.24) is 15.5 Å². The summed E-state index contributed by atoms with van der Waals surface area (Å²) < 4.78 is 0. The van der Waals surface area contributed by atoms with E-state index in [4.69, 9.17) is 23.2 Å². The quantitative estimate of drug-likeness (QED) is 0.721. The number of benzene rings is 1. The zero-order valence-electron chi connectivity index (χ0n) is 16.2. The van der Waals surface area contributed by atoms with Gasteiger partial charge in [0.05, 0.1) is 0 Å². The molecule has 1 aromatic rings. The van der Waals surface area contributed by atoms with Crippen LogP contribution in [0.1, 0.15) is 45.6 Å². The summed E-state index contributed by atoms with van der Waals surface area (Å²) in [4.78, 5) is 38.9. The largest absolute Gasteiger partial charge is 0.352 e. The number of nitrogens with zero attached hydrogens (tertiary/aromatic N) is 1. The molecule has 4 amide bonds. The minimum atomic E-state index is -1.34. The lowest BCUT2D eigenvalue weighted by Crippen LogP contribution is -2.49. The maximum atomic E-state index is 13.0. The van der Waals surface area contributed by atoms with Crippen LogP contribution in [0.25, 0.3) is 0 Å². The van der Waals surface area contributed by atoms with Crippen LogP contribution >= 0.6 is 23.2 Å². The Kier molecular flexibility index (Phi) is 5.92. The van der Waals surface area contributed by atoms with Crippen LogP contribution < -0.4 is 10.6 Å². The minimum absolute atomic E-state index is 0.0640. The zero-order chi connectivity index (χ0) is 20.6. The van der Waals surface area contributed by atoms with E-state index in [1.807, 2.05) is 0 Å². The maximum absolute atomic E-state index is 13.0. The molecule has 1 aromatic carbocycles. The van der Waals surface area contributed by atoms with Gasteiger partial charge in [0, 0.05) is 21.7 Å². The molecule has 0 bridgehead atoms. The van der Waals surface area contributed by atoms with Crippen LogP contribution in [0.15, 0.2) is 18.2 Å². The van der Waals surface area contributed by atoms with Gasteiger partial charge in [0.15, 0.2) is 0 Å². The summed E-state index contributed by atoms with van der Waals surface area (Å²) in [6.07, 6.45) is 3.13. The van der Waals surface area contributed by atoms with Crippen LogP contribution in [0.3, 0.4) is 0 Å². The van der Waals surface area contributed by atoms with E-state index in [1.165, 1.54) is 6.07 Å². The average molecular weight is 426 g/mol. The molecule has 1 saturated heterocycles. The average Bonchev–Trinajstić information content (AvgIpc) is 2.82. The third-order valence-corrected chi connectivity index (χ3v) is 6.65. The van der Waals surface area contributed by atoms with Crippen LogP contribution in [-0.2, 0) is 15.1 Å². The molecule has 2 aliphatic rings. The summed E-state index contributed by atoms with van der Waals surface area (Å²) in [5, 5.41) is 6.37. The first-order chi connectivity index (χ1) is 13.1. The first kappa shape index (κ1) is 20.9. The number of nitrogens with one attached hydrogen (secondary N) is 2. The van der Waals surface area contributed by atoms with Gasteiger partial charge in [-0.1, -0.05) is 56.0 Å². The number of carbonyl (C=O) groups excluding carboxylic acids is 3. The first-order valence-corrected chi connectivity index (χ1v) is 10.3. The molecule has 1 saturated carbocycles. The number of rotatable bonds is 4. The highest BCUT2D eigenvalue weighted by Crippen LogP contribution is 2.35. The Balaban J connectivity index is 1.72. The standard InChI is InChI=1S/C20H25Cl2N3O3/c1-11-5-4-6-16(12(11)2)23-17(26)10-25-18(27)20(3,24-19(25)28)14-8-7-13(21)9-15(14)22/h7-9,11-12,16H,4-6,10H2,1-3H3,(H,23,26)(H,24,28). The predicted octanol–water partition coefficient (Wildman–Crippen LogP) is 3.70. The number of hydrogen-bond donors (Lipinski definition) is 2. The lowest BCUT2D eigenvalue weighted by atomic mass is 9.78. The first-order valence-electron chi connectivity index (χ1n) is 9.52. The van der Waals surface area contributed by atoms with Crippen molar-refractivity contribution < 1.29 is 14.4 Å². The van der Waals surface area contributed by atoms with E-state index in [0.29, 0.717) is 22.4 Å². The fraction of sp³-hybridized carbons (Fsp3) is 0.550. The van der Waals surface area contributed by atoms with Crippen LogP contribution in [0.2, 0.25) is 10.0 Å². The predicted molar refractivity (Wildman–Crippen MR) is 108 cm³/mol. The van der Waals surface area contributed by atoms with E-state index >= 15 is 0 Å². The number of amides is 4. The third-order valence-electron chi connectivity index (χ3n) is 6.10. The van der Waals surface area contributed by atoms with Gasteiger partial charge in [-0.3, -0.25) is 14.5 Å². The molecule has 4 unspecified atom stereocenters. The molecule has 3 rings (SSSR count). The summed E-state index contributed by atoms with van der Waals surface area (Å²) in [5.41, 5.74) is -0.902. The van der Waals surface area contributed by atoms with E-state index in [9.17, 15) is 14.4 Å². The summed E-state index contributed by atoms with van der Waals surface area (Å²) in [5.74, 6) is 0.0490. The van der Waals surface area contributed by atoms with Crippen LogP contribution in [-0.4, -0.2) is 35.3 Å². The Morgan fingerprint density at radius 2 is 2.00 bits per heavy atom. The molecule has 4 atom stereocenters. The molecular weight excluding hydrogens is 401 g/mol. The van der Waals surface area contributed by atoms with Crippen molar-refractivity contribution in [2.24, 2.45) is 11.8 Å².